The minimum Gasteiger partial charge on any atom is -0.495 e. The van der Waals surface area contributed by atoms with E-state index >= 15 is 0 Å². The molecule has 0 saturated heterocycles. The van der Waals surface area contributed by atoms with Gasteiger partial charge in [0, 0.05) is 5.56 Å². The zero-order chi connectivity index (χ0) is 18.9. The second kappa shape index (κ2) is 9.28. The number of benzene rings is 2. The highest BCUT2D eigenvalue weighted by molar-refractivity contribution is 6.10. The van der Waals surface area contributed by atoms with Gasteiger partial charge >= 0.3 is 0 Å². The summed E-state index contributed by atoms with van der Waals surface area (Å²) in [6.45, 7) is 4.00. The zero-order valence-electron chi connectivity index (χ0n) is 15.2. The molecule has 1 atom stereocenters. The van der Waals surface area contributed by atoms with E-state index in [-0.39, 0.29) is 11.7 Å². The molecule has 2 aromatic carbocycles. The van der Waals surface area contributed by atoms with E-state index in [2.05, 4.69) is 5.32 Å². The molecule has 0 aromatic heterocycles. The number of carbonyl (C=O) groups is 1. The van der Waals surface area contributed by atoms with Gasteiger partial charge < -0.3 is 14.8 Å². The first-order chi connectivity index (χ1) is 12.6. The Balaban J connectivity index is 2.28. The van der Waals surface area contributed by atoms with Gasteiger partial charge in [-0.2, -0.15) is 5.26 Å². The van der Waals surface area contributed by atoms with Crippen molar-refractivity contribution in [3.8, 4) is 17.6 Å². The maximum absolute atomic E-state index is 12.5. The number of hydrogen-bond acceptors (Lipinski definition) is 4. The van der Waals surface area contributed by atoms with Crippen molar-refractivity contribution >= 4 is 17.7 Å². The number of anilines is 1. The van der Waals surface area contributed by atoms with Crippen molar-refractivity contribution in [3.05, 3.63) is 59.7 Å². The van der Waals surface area contributed by atoms with Crippen LogP contribution in [0.4, 0.5) is 5.69 Å². The van der Waals surface area contributed by atoms with Crippen LogP contribution in [-0.2, 0) is 4.79 Å². The smallest absolute Gasteiger partial charge is 0.266 e. The Kier molecular flexibility index (Phi) is 6.81. The second-order valence-electron chi connectivity index (χ2n) is 5.70. The summed E-state index contributed by atoms with van der Waals surface area (Å²) in [5.41, 5.74) is 1.17. The molecule has 0 aliphatic carbocycles. The van der Waals surface area contributed by atoms with Crippen LogP contribution in [0.2, 0.25) is 0 Å². The van der Waals surface area contributed by atoms with Gasteiger partial charge in [-0.3, -0.25) is 4.79 Å². The first kappa shape index (κ1) is 19.1. The Bertz CT molecular complexity index is 837. The lowest BCUT2D eigenvalue weighted by Gasteiger charge is -2.15. The van der Waals surface area contributed by atoms with Gasteiger partial charge in [-0.15, -0.1) is 0 Å². The summed E-state index contributed by atoms with van der Waals surface area (Å²) < 4.78 is 11.1. The first-order valence-electron chi connectivity index (χ1n) is 8.40. The lowest BCUT2D eigenvalue weighted by molar-refractivity contribution is -0.112. The first-order valence-corrected chi connectivity index (χ1v) is 8.40. The van der Waals surface area contributed by atoms with E-state index in [1.54, 1.807) is 24.3 Å². The topological polar surface area (TPSA) is 71.3 Å². The van der Waals surface area contributed by atoms with Gasteiger partial charge in [0.1, 0.15) is 23.1 Å². The molecule has 1 N–H and O–H groups in total. The Morgan fingerprint density at radius 2 is 1.85 bits per heavy atom. The van der Waals surface area contributed by atoms with Crippen LogP contribution in [0, 0.1) is 11.3 Å². The number of rotatable bonds is 7. The number of hydrogen-bond donors (Lipinski definition) is 1. The Labute approximate surface area is 153 Å². The van der Waals surface area contributed by atoms with Crippen molar-refractivity contribution in [1.29, 1.82) is 5.26 Å². The second-order valence-corrected chi connectivity index (χ2v) is 5.70. The van der Waals surface area contributed by atoms with E-state index in [9.17, 15) is 10.1 Å². The van der Waals surface area contributed by atoms with Crippen LogP contribution < -0.4 is 14.8 Å². The average molecular weight is 350 g/mol. The van der Waals surface area contributed by atoms with Crippen LogP contribution >= 0.6 is 0 Å². The maximum Gasteiger partial charge on any atom is 0.266 e. The van der Waals surface area contributed by atoms with Gasteiger partial charge in [0.2, 0.25) is 0 Å². The number of para-hydroxylation sites is 3. The molecule has 0 bridgehead atoms. The molecular formula is C21H22N2O3. The van der Waals surface area contributed by atoms with Gasteiger partial charge in [0.25, 0.3) is 5.91 Å². The molecular weight excluding hydrogens is 328 g/mol. The largest absolute Gasteiger partial charge is 0.495 e. The third-order valence-electron chi connectivity index (χ3n) is 3.84. The third kappa shape index (κ3) is 4.87. The van der Waals surface area contributed by atoms with Gasteiger partial charge in [-0.1, -0.05) is 37.3 Å². The van der Waals surface area contributed by atoms with Crippen LogP contribution in [0.1, 0.15) is 25.8 Å². The minimum absolute atomic E-state index is 0.0175. The SMILES string of the molecule is CC[C@@H](C)Oc1ccccc1/C=C(\C#N)C(=O)Nc1ccccc1OC. The molecule has 0 aliphatic heterocycles. The number of nitriles is 1. The summed E-state index contributed by atoms with van der Waals surface area (Å²) >= 11 is 0. The maximum atomic E-state index is 12.5. The summed E-state index contributed by atoms with van der Waals surface area (Å²) in [4.78, 5) is 12.5. The molecule has 26 heavy (non-hydrogen) atoms. The number of ether oxygens (including phenoxy) is 2. The normalized spacial score (nSPS) is 12.0. The molecule has 0 saturated carbocycles. The fraction of sp³-hybridized carbons (Fsp3) is 0.238. The molecule has 0 aliphatic rings. The van der Waals surface area contributed by atoms with E-state index in [1.807, 2.05) is 44.2 Å². The van der Waals surface area contributed by atoms with Crippen LogP contribution in [-0.4, -0.2) is 19.1 Å². The summed E-state index contributed by atoms with van der Waals surface area (Å²) in [6, 6.07) is 16.3. The number of carbonyl (C=O) groups excluding carboxylic acids is 1. The van der Waals surface area contributed by atoms with Crippen molar-refractivity contribution in [3.63, 3.8) is 0 Å². The van der Waals surface area contributed by atoms with Crippen molar-refractivity contribution in [1.82, 2.24) is 0 Å². The highest BCUT2D eigenvalue weighted by Gasteiger charge is 2.14. The standard InChI is InChI=1S/C21H22N2O3/c1-4-15(2)26-19-11-7-5-9-16(19)13-17(14-22)21(24)23-18-10-6-8-12-20(18)25-3/h5-13,15H,4H2,1-3H3,(H,23,24)/b17-13+/t15-/m1/s1. The van der Waals surface area contributed by atoms with Crippen LogP contribution in [0.5, 0.6) is 11.5 Å². The highest BCUT2D eigenvalue weighted by atomic mass is 16.5. The molecule has 0 heterocycles. The van der Waals surface area contributed by atoms with Gasteiger partial charge in [-0.25, -0.2) is 0 Å². The molecule has 1 amide bonds. The predicted molar refractivity (Wildman–Crippen MR) is 102 cm³/mol. The summed E-state index contributed by atoms with van der Waals surface area (Å²) in [5.74, 6) is 0.661. The van der Waals surface area contributed by atoms with Crippen LogP contribution in [0.3, 0.4) is 0 Å². The molecule has 0 radical (unpaired) electrons. The van der Waals surface area contributed by atoms with Crippen molar-refractivity contribution in [2.45, 2.75) is 26.4 Å². The fourth-order valence-electron chi connectivity index (χ4n) is 2.25. The quantitative estimate of drug-likeness (QED) is 0.593. The van der Waals surface area contributed by atoms with Gasteiger partial charge in [0.05, 0.1) is 18.9 Å². The highest BCUT2D eigenvalue weighted by Crippen LogP contribution is 2.25. The lowest BCUT2D eigenvalue weighted by Crippen LogP contribution is -2.14. The molecule has 0 fully saturated rings. The predicted octanol–water partition coefficient (Wildman–Crippen LogP) is 4.42. The molecule has 0 unspecified atom stereocenters. The third-order valence-corrected chi connectivity index (χ3v) is 3.84. The number of nitrogens with zero attached hydrogens (tertiary/aromatic N) is 1. The van der Waals surface area contributed by atoms with E-state index in [1.165, 1.54) is 13.2 Å². The fourth-order valence-corrected chi connectivity index (χ4v) is 2.25. The van der Waals surface area contributed by atoms with Gasteiger partial charge in [0.15, 0.2) is 0 Å². The minimum atomic E-state index is -0.504. The number of nitrogens with one attached hydrogen (secondary N) is 1. The average Bonchev–Trinajstić information content (AvgIpc) is 2.67. The molecule has 5 heteroatoms. The lowest BCUT2D eigenvalue weighted by atomic mass is 10.1. The van der Waals surface area contributed by atoms with Crippen LogP contribution in [0.15, 0.2) is 54.1 Å². The van der Waals surface area contributed by atoms with Crippen molar-refractivity contribution in [2.24, 2.45) is 0 Å². The molecule has 5 nitrogen and oxygen atoms in total. The monoisotopic (exact) mass is 350 g/mol. The molecule has 134 valence electrons. The van der Waals surface area contributed by atoms with E-state index in [4.69, 9.17) is 9.47 Å². The van der Waals surface area contributed by atoms with Crippen LogP contribution in [0.25, 0.3) is 6.08 Å². The molecule has 0 spiro atoms. The molecule has 2 rings (SSSR count). The number of amides is 1. The van der Waals surface area contributed by atoms with E-state index in [0.29, 0.717) is 22.7 Å². The Hall–Kier alpha value is -3.26. The Morgan fingerprint density at radius 1 is 1.19 bits per heavy atom. The zero-order valence-corrected chi connectivity index (χ0v) is 15.2. The summed E-state index contributed by atoms with van der Waals surface area (Å²) in [7, 11) is 1.52. The summed E-state index contributed by atoms with van der Waals surface area (Å²) in [5, 5.41) is 12.1. The van der Waals surface area contributed by atoms with E-state index < -0.39 is 5.91 Å². The Morgan fingerprint density at radius 3 is 2.50 bits per heavy atom. The van der Waals surface area contributed by atoms with Gasteiger partial charge in [-0.05, 0) is 37.6 Å². The van der Waals surface area contributed by atoms with Crippen molar-refractivity contribution < 1.29 is 14.3 Å². The van der Waals surface area contributed by atoms with E-state index in [0.717, 1.165) is 6.42 Å². The number of methoxy groups -OCH3 is 1. The van der Waals surface area contributed by atoms with Crippen molar-refractivity contribution in [2.75, 3.05) is 12.4 Å². The summed E-state index contributed by atoms with van der Waals surface area (Å²) in [6.07, 6.45) is 2.43. The molecule has 2 aromatic rings.